The third-order valence-electron chi connectivity index (χ3n) is 6.98. The van der Waals surface area contributed by atoms with E-state index in [1.54, 1.807) is 17.0 Å². The molecule has 168 valence electrons. The summed E-state index contributed by atoms with van der Waals surface area (Å²) in [5, 5.41) is 1.05. The van der Waals surface area contributed by atoms with Gasteiger partial charge in [0.05, 0.1) is 24.2 Å². The highest BCUT2D eigenvalue weighted by Crippen LogP contribution is 2.42. The molecule has 2 aliphatic carbocycles. The van der Waals surface area contributed by atoms with Gasteiger partial charge in [-0.1, -0.05) is 25.3 Å². The van der Waals surface area contributed by atoms with Gasteiger partial charge in [0.25, 0.3) is 10.0 Å². The van der Waals surface area contributed by atoms with Crippen molar-refractivity contribution in [1.82, 2.24) is 13.8 Å². The number of amides is 2. The lowest BCUT2D eigenvalue weighted by Crippen LogP contribution is -2.54. The summed E-state index contributed by atoms with van der Waals surface area (Å²) in [5.74, 6) is 0.582. The molecule has 5 rings (SSSR count). The van der Waals surface area contributed by atoms with Crippen LogP contribution in [-0.2, 0) is 21.8 Å². The Balaban J connectivity index is 1.53. The summed E-state index contributed by atoms with van der Waals surface area (Å²) < 4.78 is 36.4. The number of benzene rings is 1. The number of hydrogen-bond acceptors (Lipinski definition) is 4. The van der Waals surface area contributed by atoms with Crippen molar-refractivity contribution in [1.29, 1.82) is 0 Å². The van der Waals surface area contributed by atoms with E-state index in [-0.39, 0.29) is 10.9 Å². The van der Waals surface area contributed by atoms with Crippen molar-refractivity contribution in [2.45, 2.75) is 61.8 Å². The molecule has 3 fully saturated rings. The average Bonchev–Trinajstić information content (AvgIpc) is 3.58. The molecule has 31 heavy (non-hydrogen) atoms. The van der Waals surface area contributed by atoms with Gasteiger partial charge in [0.1, 0.15) is 0 Å². The van der Waals surface area contributed by atoms with E-state index >= 15 is 0 Å². The molecule has 2 heterocycles. The summed E-state index contributed by atoms with van der Waals surface area (Å²) in [6, 6.07) is 6.78. The number of morpholine rings is 1. The molecule has 2 saturated carbocycles. The molecule has 0 bridgehead atoms. The van der Waals surface area contributed by atoms with Crippen molar-refractivity contribution in [3.8, 4) is 0 Å². The van der Waals surface area contributed by atoms with Crippen molar-refractivity contribution in [3.05, 3.63) is 30.0 Å². The van der Waals surface area contributed by atoms with Crippen molar-refractivity contribution in [2.24, 2.45) is 7.05 Å². The second-order valence-electron chi connectivity index (χ2n) is 9.10. The highest BCUT2D eigenvalue weighted by atomic mass is 32.2. The van der Waals surface area contributed by atoms with Crippen molar-refractivity contribution < 1.29 is 17.9 Å². The van der Waals surface area contributed by atoms with E-state index in [9.17, 15) is 13.2 Å². The first-order valence-electron chi connectivity index (χ1n) is 11.5. The number of aromatic nitrogens is 1. The Hall–Kier alpha value is -2.06. The van der Waals surface area contributed by atoms with Gasteiger partial charge < -0.3 is 14.2 Å². The van der Waals surface area contributed by atoms with Crippen LogP contribution in [0, 0.1) is 0 Å². The number of carbonyl (C=O) groups is 1. The maximum atomic E-state index is 13.9. The van der Waals surface area contributed by atoms with Crippen molar-refractivity contribution in [2.75, 3.05) is 26.3 Å². The highest BCUT2D eigenvalue weighted by Gasteiger charge is 2.39. The lowest BCUT2D eigenvalue weighted by molar-refractivity contribution is 0.0457. The summed E-state index contributed by atoms with van der Waals surface area (Å²) >= 11 is 0. The van der Waals surface area contributed by atoms with E-state index in [4.69, 9.17) is 4.74 Å². The van der Waals surface area contributed by atoms with E-state index in [0.29, 0.717) is 32.2 Å². The molecule has 1 aromatic carbocycles. The predicted molar refractivity (Wildman–Crippen MR) is 119 cm³/mol. The number of carbonyl (C=O) groups excluding carboxylic acids is 1. The quantitative estimate of drug-likeness (QED) is 0.717. The molecule has 0 atom stereocenters. The third-order valence-corrected chi connectivity index (χ3v) is 8.80. The van der Waals surface area contributed by atoms with Crippen LogP contribution in [0.1, 0.15) is 56.6 Å². The van der Waals surface area contributed by atoms with E-state index < -0.39 is 16.1 Å². The maximum Gasteiger partial charge on any atom is 0.334 e. The summed E-state index contributed by atoms with van der Waals surface area (Å²) in [6.07, 6.45) is 6.84. The number of sulfonamides is 1. The van der Waals surface area contributed by atoms with Gasteiger partial charge in [-0.25, -0.2) is 17.5 Å². The van der Waals surface area contributed by atoms with Crippen LogP contribution in [0.5, 0.6) is 0 Å². The molecule has 0 spiro atoms. The molecule has 8 heteroatoms. The molecule has 7 nitrogen and oxygen atoms in total. The van der Waals surface area contributed by atoms with Crippen LogP contribution in [0.4, 0.5) is 4.79 Å². The van der Waals surface area contributed by atoms with Crippen molar-refractivity contribution >= 4 is 27.0 Å². The number of hydrogen-bond donors (Lipinski definition) is 0. The number of ether oxygens (including phenoxy) is 1. The summed E-state index contributed by atoms with van der Waals surface area (Å²) in [7, 11) is -1.96. The molecule has 2 amide bonds. The fraction of sp³-hybridized carbons (Fsp3) is 0.609. The van der Waals surface area contributed by atoms with Crippen LogP contribution < -0.4 is 0 Å². The van der Waals surface area contributed by atoms with Crippen LogP contribution >= 0.6 is 0 Å². The molecular formula is C23H31N3O4S. The average molecular weight is 446 g/mol. The lowest BCUT2D eigenvalue weighted by Gasteiger charge is -2.38. The largest absolute Gasteiger partial charge is 0.378 e. The molecule has 0 N–H and O–H groups in total. The van der Waals surface area contributed by atoms with Crippen LogP contribution in [0.25, 0.3) is 10.9 Å². The molecule has 0 unspecified atom stereocenters. The smallest absolute Gasteiger partial charge is 0.334 e. The normalized spacial score (nSPS) is 20.9. The first-order chi connectivity index (χ1) is 15.0. The van der Waals surface area contributed by atoms with E-state index in [1.807, 2.05) is 13.1 Å². The SMILES string of the molecule is Cn1c(C2CC2)cc2ccc(S(=O)(=O)N(C(=O)N3CCOCC3)C3CCCCC3)cc21. The zero-order valence-electron chi connectivity index (χ0n) is 18.1. The van der Waals surface area contributed by atoms with Gasteiger partial charge in [0, 0.05) is 31.3 Å². The molecule has 1 saturated heterocycles. The number of fused-ring (bicyclic) bond motifs is 1. The molecule has 1 aliphatic heterocycles. The predicted octanol–water partition coefficient (Wildman–Crippen LogP) is 3.83. The summed E-state index contributed by atoms with van der Waals surface area (Å²) in [6.45, 7) is 1.76. The number of nitrogens with zero attached hydrogens (tertiary/aromatic N) is 3. The minimum absolute atomic E-state index is 0.204. The number of aryl methyl sites for hydroxylation is 1. The first-order valence-corrected chi connectivity index (χ1v) is 12.9. The van der Waals surface area contributed by atoms with Crippen LogP contribution in [0.2, 0.25) is 0 Å². The van der Waals surface area contributed by atoms with E-state index in [2.05, 4.69) is 10.6 Å². The number of urea groups is 1. The lowest BCUT2D eigenvalue weighted by atomic mass is 9.95. The zero-order chi connectivity index (χ0) is 21.6. The summed E-state index contributed by atoms with van der Waals surface area (Å²) in [5.41, 5.74) is 2.17. The monoisotopic (exact) mass is 445 g/mol. The van der Waals surface area contributed by atoms with Gasteiger partial charge in [0.15, 0.2) is 0 Å². The van der Waals surface area contributed by atoms with Gasteiger partial charge in [-0.05, 0) is 55.2 Å². The van der Waals surface area contributed by atoms with Crippen LogP contribution in [0.15, 0.2) is 29.2 Å². The fourth-order valence-corrected chi connectivity index (χ4v) is 6.69. The van der Waals surface area contributed by atoms with E-state index in [0.717, 1.165) is 43.0 Å². The Morgan fingerprint density at radius 2 is 1.74 bits per heavy atom. The van der Waals surface area contributed by atoms with Crippen molar-refractivity contribution in [3.63, 3.8) is 0 Å². The van der Waals surface area contributed by atoms with Crippen LogP contribution in [-0.4, -0.2) is 60.6 Å². The van der Waals surface area contributed by atoms with Gasteiger partial charge in [-0.3, -0.25) is 0 Å². The molecular weight excluding hydrogens is 414 g/mol. The summed E-state index contributed by atoms with van der Waals surface area (Å²) in [4.78, 5) is 15.3. The van der Waals surface area contributed by atoms with Gasteiger partial charge in [0.2, 0.25) is 0 Å². The second kappa shape index (κ2) is 8.13. The van der Waals surface area contributed by atoms with Gasteiger partial charge in [-0.15, -0.1) is 0 Å². The van der Waals surface area contributed by atoms with Gasteiger partial charge >= 0.3 is 6.03 Å². The maximum absolute atomic E-state index is 13.9. The standard InChI is InChI=1S/C23H31N3O4S/c1-24-21(17-7-8-17)15-18-9-10-20(16-22(18)24)31(28,29)26(19-5-3-2-4-6-19)23(27)25-11-13-30-14-12-25/h9-10,15-17,19H,2-8,11-14H2,1H3. The third kappa shape index (κ3) is 3.84. The minimum atomic E-state index is -3.96. The molecule has 0 radical (unpaired) electrons. The Bertz CT molecular complexity index is 1080. The van der Waals surface area contributed by atoms with Gasteiger partial charge in [-0.2, -0.15) is 0 Å². The fourth-order valence-electron chi connectivity index (χ4n) is 5.04. The molecule has 1 aromatic heterocycles. The molecule has 3 aliphatic rings. The Labute approximate surface area is 184 Å². The Morgan fingerprint density at radius 3 is 2.42 bits per heavy atom. The first kappa shape index (κ1) is 20.8. The highest BCUT2D eigenvalue weighted by molar-refractivity contribution is 7.89. The number of rotatable bonds is 4. The second-order valence-corrected chi connectivity index (χ2v) is 10.9. The Morgan fingerprint density at radius 1 is 1.03 bits per heavy atom. The zero-order valence-corrected chi connectivity index (χ0v) is 18.9. The van der Waals surface area contributed by atoms with Crippen LogP contribution in [0.3, 0.4) is 0 Å². The topological polar surface area (TPSA) is 71.9 Å². The van der Waals surface area contributed by atoms with E-state index in [1.165, 1.54) is 22.8 Å². The minimum Gasteiger partial charge on any atom is -0.378 e. The molecule has 2 aromatic rings. The Kier molecular flexibility index (Phi) is 5.46.